The molecule has 0 N–H and O–H groups in total. The molecule has 1 spiro atoms. The van der Waals surface area contributed by atoms with Crippen LogP contribution in [-0.2, 0) is 4.79 Å². The fraction of sp³-hybridized carbons (Fsp3) is 0.389. The molecule has 2 nitrogen and oxygen atoms in total. The molecule has 1 amide bonds. The third kappa shape index (κ3) is 2.08. The van der Waals surface area contributed by atoms with Crippen molar-refractivity contribution < 1.29 is 4.79 Å². The Labute approximate surface area is 143 Å². The Morgan fingerprint density at radius 3 is 2.45 bits per heavy atom. The predicted octanol–water partition coefficient (Wildman–Crippen LogP) is 5.55. The summed E-state index contributed by atoms with van der Waals surface area (Å²) >= 11 is 5.25. The molecule has 2 aromatic rings. The molecular weight excluding hydrogens is 358 g/mol. The van der Waals surface area contributed by atoms with Crippen molar-refractivity contribution in [2.24, 2.45) is 5.41 Å². The minimum absolute atomic E-state index is 0.143. The van der Waals surface area contributed by atoms with Crippen LogP contribution in [0.2, 0.25) is 0 Å². The molecule has 1 aromatic heterocycles. The zero-order valence-corrected chi connectivity index (χ0v) is 14.7. The summed E-state index contributed by atoms with van der Waals surface area (Å²) < 4.78 is 1.05. The maximum Gasteiger partial charge on any atom is 0.236 e. The second-order valence-corrected chi connectivity index (χ2v) is 8.18. The fourth-order valence-corrected chi connectivity index (χ4v) is 5.24. The number of carbonyl (C=O) groups excluding carboxylic acids is 1. The first kappa shape index (κ1) is 14.5. The lowest BCUT2D eigenvalue weighted by molar-refractivity contribution is -0.143. The Hall–Kier alpha value is -1.13. The van der Waals surface area contributed by atoms with Crippen molar-refractivity contribution in [2.45, 2.75) is 38.1 Å². The molecule has 2 heterocycles. The number of halogens is 1. The van der Waals surface area contributed by atoms with E-state index in [9.17, 15) is 4.79 Å². The van der Waals surface area contributed by atoms with E-state index in [1.54, 1.807) is 11.3 Å². The Bertz CT molecular complexity index is 674. The van der Waals surface area contributed by atoms with Gasteiger partial charge < -0.3 is 4.90 Å². The van der Waals surface area contributed by atoms with Crippen molar-refractivity contribution in [2.75, 3.05) is 4.90 Å². The first-order chi connectivity index (χ1) is 10.7. The molecule has 114 valence electrons. The van der Waals surface area contributed by atoms with E-state index in [4.69, 9.17) is 0 Å². The lowest BCUT2D eigenvalue weighted by Gasteiger charge is -2.57. The van der Waals surface area contributed by atoms with Gasteiger partial charge in [0.2, 0.25) is 5.91 Å². The van der Waals surface area contributed by atoms with Crippen LogP contribution >= 0.6 is 27.3 Å². The van der Waals surface area contributed by atoms with Crippen molar-refractivity contribution in [1.29, 1.82) is 0 Å². The van der Waals surface area contributed by atoms with Gasteiger partial charge in [-0.15, -0.1) is 11.3 Å². The van der Waals surface area contributed by atoms with E-state index >= 15 is 0 Å². The van der Waals surface area contributed by atoms with Crippen LogP contribution in [0, 0.1) is 5.41 Å². The van der Waals surface area contributed by atoms with Gasteiger partial charge in [-0.1, -0.05) is 41.3 Å². The van der Waals surface area contributed by atoms with Gasteiger partial charge >= 0.3 is 0 Å². The van der Waals surface area contributed by atoms with Gasteiger partial charge in [0.05, 0.1) is 11.5 Å². The number of benzene rings is 1. The highest BCUT2D eigenvalue weighted by Gasteiger charge is 2.61. The van der Waals surface area contributed by atoms with Crippen LogP contribution in [-0.4, -0.2) is 5.91 Å². The summed E-state index contributed by atoms with van der Waals surface area (Å²) in [5, 5.41) is 2.12. The van der Waals surface area contributed by atoms with Crippen LogP contribution in [0.25, 0.3) is 0 Å². The van der Waals surface area contributed by atoms with E-state index in [1.807, 2.05) is 29.2 Å². The van der Waals surface area contributed by atoms with Crippen LogP contribution in [0.5, 0.6) is 0 Å². The molecule has 1 aliphatic carbocycles. The first-order valence-corrected chi connectivity index (χ1v) is 9.52. The molecule has 4 heteroatoms. The Morgan fingerprint density at radius 2 is 1.82 bits per heavy atom. The maximum absolute atomic E-state index is 13.0. The van der Waals surface area contributed by atoms with Gasteiger partial charge in [-0.2, -0.15) is 0 Å². The van der Waals surface area contributed by atoms with E-state index in [2.05, 4.69) is 33.4 Å². The zero-order valence-electron chi connectivity index (χ0n) is 12.3. The second-order valence-electron chi connectivity index (χ2n) is 6.29. The van der Waals surface area contributed by atoms with E-state index in [1.165, 1.54) is 24.1 Å². The molecule has 1 aliphatic heterocycles. The summed E-state index contributed by atoms with van der Waals surface area (Å²) in [5.41, 5.74) is 0.874. The van der Waals surface area contributed by atoms with Gasteiger partial charge in [0.15, 0.2) is 0 Å². The van der Waals surface area contributed by atoms with Gasteiger partial charge in [0.25, 0.3) is 0 Å². The predicted molar refractivity (Wildman–Crippen MR) is 94.2 cm³/mol. The SMILES string of the molecule is O=C1N(c2ccc(Br)cc2)C(c2cccs2)C12CCCCC2. The lowest BCUT2D eigenvalue weighted by atomic mass is 9.61. The number of amides is 1. The first-order valence-electron chi connectivity index (χ1n) is 7.85. The van der Waals surface area contributed by atoms with Crippen molar-refractivity contribution in [3.05, 3.63) is 51.1 Å². The number of carbonyl (C=O) groups is 1. The Balaban J connectivity index is 1.75. The molecule has 1 saturated carbocycles. The zero-order chi connectivity index (χ0) is 15.2. The number of hydrogen-bond acceptors (Lipinski definition) is 2. The highest BCUT2D eigenvalue weighted by Crippen LogP contribution is 2.59. The number of β-lactam (4-membered cyclic amide) rings is 1. The maximum atomic E-state index is 13.0. The molecule has 1 aromatic carbocycles. The molecule has 4 rings (SSSR count). The number of rotatable bonds is 2. The van der Waals surface area contributed by atoms with Crippen LogP contribution < -0.4 is 4.90 Å². The number of nitrogens with zero attached hydrogens (tertiary/aromatic N) is 1. The smallest absolute Gasteiger partial charge is 0.236 e. The standard InChI is InChI=1S/C18H18BrNOS/c19-13-6-8-14(9-7-13)20-16(15-5-4-12-22-15)18(17(20)21)10-2-1-3-11-18/h4-9,12,16H,1-3,10-11H2. The topological polar surface area (TPSA) is 20.3 Å². The van der Waals surface area contributed by atoms with Gasteiger partial charge in [0, 0.05) is 15.0 Å². The third-order valence-electron chi connectivity index (χ3n) is 5.09. The van der Waals surface area contributed by atoms with Gasteiger partial charge in [0.1, 0.15) is 0 Å². The average Bonchev–Trinajstić information content (AvgIpc) is 3.07. The monoisotopic (exact) mass is 375 g/mol. The quantitative estimate of drug-likeness (QED) is 0.630. The number of hydrogen-bond donors (Lipinski definition) is 0. The number of anilines is 1. The van der Waals surface area contributed by atoms with Crippen molar-refractivity contribution in [3.63, 3.8) is 0 Å². The third-order valence-corrected chi connectivity index (χ3v) is 6.54. The molecule has 0 bridgehead atoms. The highest BCUT2D eigenvalue weighted by atomic mass is 79.9. The Kier molecular flexibility index (Phi) is 3.61. The van der Waals surface area contributed by atoms with Crippen LogP contribution in [0.3, 0.4) is 0 Å². The molecule has 1 unspecified atom stereocenters. The minimum Gasteiger partial charge on any atom is -0.302 e. The van der Waals surface area contributed by atoms with Crippen LogP contribution in [0.15, 0.2) is 46.3 Å². The molecule has 2 aliphatic rings. The molecule has 0 radical (unpaired) electrons. The fourth-order valence-electron chi connectivity index (χ4n) is 4.04. The normalized spacial score (nSPS) is 23.6. The van der Waals surface area contributed by atoms with Gasteiger partial charge in [-0.25, -0.2) is 0 Å². The molecule has 1 saturated heterocycles. The minimum atomic E-state index is -0.143. The van der Waals surface area contributed by atoms with Crippen LogP contribution in [0.1, 0.15) is 43.0 Å². The number of thiophene rings is 1. The highest BCUT2D eigenvalue weighted by molar-refractivity contribution is 9.10. The van der Waals surface area contributed by atoms with Crippen molar-refractivity contribution in [3.8, 4) is 0 Å². The van der Waals surface area contributed by atoms with E-state index in [0.717, 1.165) is 23.0 Å². The largest absolute Gasteiger partial charge is 0.302 e. The summed E-state index contributed by atoms with van der Waals surface area (Å²) in [5.74, 6) is 0.327. The summed E-state index contributed by atoms with van der Waals surface area (Å²) in [7, 11) is 0. The summed E-state index contributed by atoms with van der Waals surface area (Å²) in [6.07, 6.45) is 5.72. The van der Waals surface area contributed by atoms with E-state index < -0.39 is 0 Å². The van der Waals surface area contributed by atoms with Gasteiger partial charge in [-0.05, 0) is 48.6 Å². The molecule has 2 fully saturated rings. The Morgan fingerprint density at radius 1 is 1.09 bits per heavy atom. The average molecular weight is 376 g/mol. The summed E-state index contributed by atoms with van der Waals surface area (Å²) in [6.45, 7) is 0. The van der Waals surface area contributed by atoms with E-state index in [0.29, 0.717) is 5.91 Å². The molecular formula is C18H18BrNOS. The molecule has 1 atom stereocenters. The molecule has 22 heavy (non-hydrogen) atoms. The van der Waals surface area contributed by atoms with Crippen molar-refractivity contribution >= 4 is 38.9 Å². The summed E-state index contributed by atoms with van der Waals surface area (Å²) in [6, 6.07) is 12.6. The second kappa shape index (κ2) is 5.50. The van der Waals surface area contributed by atoms with Gasteiger partial charge in [-0.3, -0.25) is 4.79 Å². The van der Waals surface area contributed by atoms with Crippen LogP contribution in [0.4, 0.5) is 5.69 Å². The van der Waals surface area contributed by atoms with Crippen molar-refractivity contribution in [1.82, 2.24) is 0 Å². The van der Waals surface area contributed by atoms with E-state index in [-0.39, 0.29) is 11.5 Å². The lowest BCUT2D eigenvalue weighted by Crippen LogP contribution is -2.64. The summed E-state index contributed by atoms with van der Waals surface area (Å²) in [4.78, 5) is 16.4.